The molecule has 3 N–H and O–H groups in total. The highest BCUT2D eigenvalue weighted by molar-refractivity contribution is 6.30. The summed E-state index contributed by atoms with van der Waals surface area (Å²) in [5.41, 5.74) is 11.6. The van der Waals surface area contributed by atoms with Crippen molar-refractivity contribution in [3.05, 3.63) is 70.0 Å². The Bertz CT molecular complexity index is 739. The topological polar surface area (TPSA) is 71.5 Å². The van der Waals surface area contributed by atoms with E-state index in [1.807, 2.05) is 57.2 Å². The van der Waals surface area contributed by atoms with Crippen molar-refractivity contribution < 1.29 is 5.11 Å². The first kappa shape index (κ1) is 19.9. The molecule has 0 spiro atoms. The molecule has 1 aromatic carbocycles. The number of rotatable bonds is 1. The van der Waals surface area contributed by atoms with Crippen molar-refractivity contribution in [2.24, 2.45) is 10.7 Å². The molecule has 5 heteroatoms. The Morgan fingerprint density at radius 3 is 2.38 bits per heavy atom. The molecular formula is C19H24ClN3O. The molecule has 0 fully saturated rings. The molecule has 0 aliphatic carbocycles. The van der Waals surface area contributed by atoms with Gasteiger partial charge in [-0.1, -0.05) is 49.7 Å². The number of halogens is 1. The van der Waals surface area contributed by atoms with Gasteiger partial charge in [0.05, 0.1) is 23.0 Å². The number of aromatic nitrogens is 1. The highest BCUT2D eigenvalue weighted by atomic mass is 35.5. The van der Waals surface area contributed by atoms with Gasteiger partial charge in [0.1, 0.15) is 0 Å². The standard InChI is InChI=1S/C16H14ClN3.C2H6.CH4O/c1-10-8-11(17)9-20-15(10)16-13-5-3-2-4-12(13)14(18)6-7-19-16;2*1-2/h2-6,8-9H,7,18H2,1H3;1-2H3;2H,1H3. The lowest BCUT2D eigenvalue weighted by Crippen LogP contribution is -2.11. The number of aryl methyl sites for hydroxylation is 1. The van der Waals surface area contributed by atoms with E-state index in [0.29, 0.717) is 11.6 Å². The maximum atomic E-state index is 7.00. The van der Waals surface area contributed by atoms with Crippen LogP contribution in [0, 0.1) is 6.92 Å². The third-order valence-corrected chi connectivity index (χ3v) is 3.53. The Morgan fingerprint density at radius 2 is 1.75 bits per heavy atom. The van der Waals surface area contributed by atoms with Gasteiger partial charge in [0.2, 0.25) is 0 Å². The Balaban J connectivity index is 0.000000671. The van der Waals surface area contributed by atoms with Crippen LogP contribution >= 0.6 is 11.6 Å². The number of benzene rings is 1. The van der Waals surface area contributed by atoms with Crippen molar-refractivity contribution in [2.45, 2.75) is 20.8 Å². The lowest BCUT2D eigenvalue weighted by atomic mass is 9.97. The average molecular weight is 346 g/mol. The Morgan fingerprint density at radius 1 is 1.12 bits per heavy atom. The van der Waals surface area contributed by atoms with Gasteiger partial charge in [0, 0.05) is 30.1 Å². The molecule has 0 atom stereocenters. The number of hydrogen-bond donors (Lipinski definition) is 2. The first-order valence-electron chi connectivity index (χ1n) is 7.84. The molecule has 0 unspecified atom stereocenters. The van der Waals surface area contributed by atoms with E-state index in [-0.39, 0.29) is 0 Å². The average Bonchev–Trinajstić information content (AvgIpc) is 2.78. The second-order valence-electron chi connectivity index (χ2n) is 4.71. The number of nitrogens with zero attached hydrogens (tertiary/aromatic N) is 2. The fraction of sp³-hybridized carbons (Fsp3) is 0.263. The Labute approximate surface area is 148 Å². The van der Waals surface area contributed by atoms with Gasteiger partial charge < -0.3 is 10.8 Å². The van der Waals surface area contributed by atoms with E-state index < -0.39 is 0 Å². The third-order valence-electron chi connectivity index (χ3n) is 3.32. The molecule has 2 aromatic rings. The van der Waals surface area contributed by atoms with Gasteiger partial charge in [-0.25, -0.2) is 0 Å². The maximum absolute atomic E-state index is 7.00. The van der Waals surface area contributed by atoms with E-state index in [2.05, 4.69) is 9.98 Å². The summed E-state index contributed by atoms with van der Waals surface area (Å²) in [5, 5.41) is 7.63. The molecule has 1 aliphatic heterocycles. The van der Waals surface area contributed by atoms with Crippen molar-refractivity contribution in [1.82, 2.24) is 4.98 Å². The number of aliphatic hydroxyl groups is 1. The fourth-order valence-corrected chi connectivity index (χ4v) is 2.58. The molecule has 4 nitrogen and oxygen atoms in total. The number of hydrogen-bond acceptors (Lipinski definition) is 4. The molecular weight excluding hydrogens is 322 g/mol. The molecule has 24 heavy (non-hydrogen) atoms. The van der Waals surface area contributed by atoms with E-state index in [0.717, 1.165) is 40.9 Å². The summed E-state index contributed by atoms with van der Waals surface area (Å²) in [5.74, 6) is 0. The quantitative estimate of drug-likeness (QED) is 0.825. The monoisotopic (exact) mass is 345 g/mol. The number of aliphatic hydroxyl groups excluding tert-OH is 1. The van der Waals surface area contributed by atoms with Crippen LogP contribution in [-0.2, 0) is 0 Å². The number of aliphatic imine (C=N–C) groups is 1. The zero-order chi connectivity index (χ0) is 18.1. The fourth-order valence-electron chi connectivity index (χ4n) is 2.36. The van der Waals surface area contributed by atoms with Crippen LogP contribution in [0.4, 0.5) is 0 Å². The van der Waals surface area contributed by atoms with Crippen LogP contribution in [0.5, 0.6) is 0 Å². The molecule has 0 saturated heterocycles. The molecule has 0 amide bonds. The minimum Gasteiger partial charge on any atom is -0.400 e. The van der Waals surface area contributed by atoms with Crippen LogP contribution in [0.1, 0.15) is 36.2 Å². The van der Waals surface area contributed by atoms with E-state index in [4.69, 9.17) is 22.4 Å². The predicted octanol–water partition coefficient (Wildman–Crippen LogP) is 3.83. The Kier molecular flexibility index (Phi) is 8.16. The molecule has 3 rings (SSSR count). The summed E-state index contributed by atoms with van der Waals surface area (Å²) >= 11 is 5.98. The first-order chi connectivity index (χ1) is 11.7. The third kappa shape index (κ3) is 4.43. The number of nitrogens with two attached hydrogens (primary N) is 1. The zero-order valence-corrected chi connectivity index (χ0v) is 15.3. The second kappa shape index (κ2) is 9.85. The molecule has 0 bridgehead atoms. The normalized spacial score (nSPS) is 12.2. The number of pyridine rings is 1. The van der Waals surface area contributed by atoms with Crippen LogP contribution in [-0.4, -0.2) is 29.5 Å². The van der Waals surface area contributed by atoms with Gasteiger partial charge in [-0.05, 0) is 24.6 Å². The van der Waals surface area contributed by atoms with Crippen LogP contribution in [0.15, 0.2) is 47.6 Å². The molecule has 1 aliphatic rings. The highest BCUT2D eigenvalue weighted by Gasteiger charge is 2.17. The van der Waals surface area contributed by atoms with Crippen molar-refractivity contribution in [2.75, 3.05) is 13.7 Å². The number of fused-ring (bicyclic) bond motifs is 1. The van der Waals surface area contributed by atoms with Crippen LogP contribution < -0.4 is 5.73 Å². The highest BCUT2D eigenvalue weighted by Crippen LogP contribution is 2.23. The summed E-state index contributed by atoms with van der Waals surface area (Å²) in [6.07, 6.45) is 3.58. The van der Waals surface area contributed by atoms with E-state index in [1.165, 1.54) is 0 Å². The smallest absolute Gasteiger partial charge is 0.0918 e. The zero-order valence-electron chi connectivity index (χ0n) is 14.5. The van der Waals surface area contributed by atoms with Gasteiger partial charge in [-0.3, -0.25) is 9.98 Å². The summed E-state index contributed by atoms with van der Waals surface area (Å²) in [6.45, 7) is 6.54. The van der Waals surface area contributed by atoms with Crippen LogP contribution in [0.25, 0.3) is 5.70 Å². The largest absolute Gasteiger partial charge is 0.400 e. The van der Waals surface area contributed by atoms with Gasteiger partial charge in [-0.2, -0.15) is 0 Å². The molecule has 128 valence electrons. The van der Waals surface area contributed by atoms with Crippen molar-refractivity contribution in [1.29, 1.82) is 0 Å². The van der Waals surface area contributed by atoms with Crippen LogP contribution in [0.2, 0.25) is 5.02 Å². The summed E-state index contributed by atoms with van der Waals surface area (Å²) in [6, 6.07) is 9.89. The molecule has 0 saturated carbocycles. The first-order valence-corrected chi connectivity index (χ1v) is 8.21. The minimum absolute atomic E-state index is 0.555. The summed E-state index contributed by atoms with van der Waals surface area (Å²) in [7, 11) is 1.00. The SMILES string of the molecule is CC.CO.Cc1cc(Cl)cnc1C1=NCC=C(N)c2ccccc21. The van der Waals surface area contributed by atoms with E-state index in [9.17, 15) is 0 Å². The second-order valence-corrected chi connectivity index (χ2v) is 5.15. The summed E-state index contributed by atoms with van der Waals surface area (Å²) < 4.78 is 0. The lowest BCUT2D eigenvalue weighted by molar-refractivity contribution is 0.399. The van der Waals surface area contributed by atoms with Gasteiger partial charge >= 0.3 is 0 Å². The summed E-state index contributed by atoms with van der Waals surface area (Å²) in [4.78, 5) is 9.07. The van der Waals surface area contributed by atoms with Gasteiger partial charge in [0.15, 0.2) is 0 Å². The molecule has 0 radical (unpaired) electrons. The van der Waals surface area contributed by atoms with Crippen molar-refractivity contribution >= 4 is 23.0 Å². The maximum Gasteiger partial charge on any atom is 0.0918 e. The van der Waals surface area contributed by atoms with E-state index in [1.54, 1.807) is 6.20 Å². The minimum atomic E-state index is 0.555. The van der Waals surface area contributed by atoms with Gasteiger partial charge in [-0.15, -0.1) is 0 Å². The lowest BCUT2D eigenvalue weighted by Gasteiger charge is -2.12. The van der Waals surface area contributed by atoms with E-state index >= 15 is 0 Å². The van der Waals surface area contributed by atoms with Gasteiger partial charge in [0.25, 0.3) is 0 Å². The molecule has 2 heterocycles. The van der Waals surface area contributed by atoms with Crippen molar-refractivity contribution in [3.63, 3.8) is 0 Å². The molecule has 1 aromatic heterocycles. The predicted molar refractivity (Wildman–Crippen MR) is 103 cm³/mol. The van der Waals surface area contributed by atoms with Crippen molar-refractivity contribution in [3.8, 4) is 0 Å². The van der Waals surface area contributed by atoms with Crippen LogP contribution in [0.3, 0.4) is 0 Å². The Hall–Kier alpha value is -2.17.